The van der Waals surface area contributed by atoms with Crippen molar-refractivity contribution < 1.29 is 9.59 Å². The summed E-state index contributed by atoms with van der Waals surface area (Å²) in [5, 5.41) is 7.53. The second kappa shape index (κ2) is 8.59. The molecular formula is C14H17N3O2. The smallest absolute Gasteiger partial charge is 0.315 e. The highest BCUT2D eigenvalue weighted by Gasteiger charge is 2.03. The second-order valence-electron chi connectivity index (χ2n) is 3.83. The van der Waals surface area contributed by atoms with Gasteiger partial charge in [-0.05, 0) is 12.0 Å². The monoisotopic (exact) mass is 259 g/mol. The van der Waals surface area contributed by atoms with E-state index in [1.54, 1.807) is 0 Å². The van der Waals surface area contributed by atoms with Gasteiger partial charge < -0.3 is 16.0 Å². The Hall–Kier alpha value is -2.48. The number of urea groups is 1. The van der Waals surface area contributed by atoms with Gasteiger partial charge in [-0.3, -0.25) is 4.79 Å². The molecule has 0 atom stereocenters. The molecule has 1 aromatic rings. The first-order valence-electron chi connectivity index (χ1n) is 5.98. The zero-order valence-corrected chi connectivity index (χ0v) is 10.6. The fraction of sp³-hybridized carbons (Fsp3) is 0.286. The quantitative estimate of drug-likeness (QED) is 0.642. The molecular weight excluding hydrogens is 242 g/mol. The average Bonchev–Trinajstić information content (AvgIpc) is 2.44. The maximum Gasteiger partial charge on any atom is 0.315 e. The maximum absolute atomic E-state index is 11.4. The number of carbonyl (C=O) groups is 2. The van der Waals surface area contributed by atoms with Crippen LogP contribution < -0.4 is 16.0 Å². The molecule has 5 heteroatoms. The van der Waals surface area contributed by atoms with Gasteiger partial charge in [0.15, 0.2) is 0 Å². The highest BCUT2D eigenvalue weighted by molar-refractivity contribution is 5.83. The van der Waals surface area contributed by atoms with Gasteiger partial charge >= 0.3 is 6.03 Å². The molecule has 3 amide bonds. The lowest BCUT2D eigenvalue weighted by molar-refractivity contribution is -0.120. The van der Waals surface area contributed by atoms with Crippen molar-refractivity contribution in [2.24, 2.45) is 0 Å². The van der Waals surface area contributed by atoms with E-state index in [0.717, 1.165) is 12.0 Å². The summed E-state index contributed by atoms with van der Waals surface area (Å²) in [4.78, 5) is 22.5. The van der Waals surface area contributed by atoms with E-state index in [1.165, 1.54) is 0 Å². The zero-order chi connectivity index (χ0) is 13.9. The predicted molar refractivity (Wildman–Crippen MR) is 73.4 cm³/mol. The van der Waals surface area contributed by atoms with Crippen LogP contribution in [-0.2, 0) is 11.2 Å². The SMILES string of the molecule is C#CCNC(=O)NCC(=O)NCCc1ccccc1. The third kappa shape index (κ3) is 6.74. The zero-order valence-electron chi connectivity index (χ0n) is 10.6. The van der Waals surface area contributed by atoms with Crippen LogP contribution in [-0.4, -0.2) is 31.6 Å². The van der Waals surface area contributed by atoms with Crippen LogP contribution in [0.15, 0.2) is 30.3 Å². The summed E-state index contributed by atoms with van der Waals surface area (Å²) >= 11 is 0. The number of benzene rings is 1. The second-order valence-corrected chi connectivity index (χ2v) is 3.83. The van der Waals surface area contributed by atoms with E-state index in [2.05, 4.69) is 21.9 Å². The van der Waals surface area contributed by atoms with Crippen molar-refractivity contribution in [1.82, 2.24) is 16.0 Å². The topological polar surface area (TPSA) is 70.2 Å². The van der Waals surface area contributed by atoms with E-state index in [0.29, 0.717) is 6.54 Å². The lowest BCUT2D eigenvalue weighted by Crippen LogP contribution is -2.42. The van der Waals surface area contributed by atoms with Crippen molar-refractivity contribution in [3.05, 3.63) is 35.9 Å². The summed E-state index contributed by atoms with van der Waals surface area (Å²) in [7, 11) is 0. The standard InChI is InChI=1S/C14H17N3O2/c1-2-9-16-14(19)17-11-13(18)15-10-8-12-6-4-3-5-7-12/h1,3-7H,8-11H2,(H,15,18)(H2,16,17,19). The average molecular weight is 259 g/mol. The van der Waals surface area contributed by atoms with Crippen LogP contribution in [0.3, 0.4) is 0 Å². The van der Waals surface area contributed by atoms with Crippen molar-refractivity contribution in [1.29, 1.82) is 0 Å². The van der Waals surface area contributed by atoms with Crippen molar-refractivity contribution in [3.8, 4) is 12.3 Å². The molecule has 19 heavy (non-hydrogen) atoms. The molecule has 0 fully saturated rings. The summed E-state index contributed by atoms with van der Waals surface area (Å²) in [6.45, 7) is 0.614. The molecule has 0 aliphatic carbocycles. The molecule has 0 saturated heterocycles. The molecule has 0 aromatic heterocycles. The van der Waals surface area contributed by atoms with Crippen molar-refractivity contribution >= 4 is 11.9 Å². The molecule has 0 spiro atoms. The minimum atomic E-state index is -0.448. The van der Waals surface area contributed by atoms with E-state index in [-0.39, 0.29) is 19.0 Å². The fourth-order valence-electron chi connectivity index (χ4n) is 1.41. The largest absolute Gasteiger partial charge is 0.354 e. The fourth-order valence-corrected chi connectivity index (χ4v) is 1.41. The number of hydrogen-bond acceptors (Lipinski definition) is 2. The van der Waals surface area contributed by atoms with E-state index in [1.807, 2.05) is 30.3 Å². The van der Waals surface area contributed by atoms with Gasteiger partial charge in [0.1, 0.15) is 0 Å². The molecule has 0 radical (unpaired) electrons. The van der Waals surface area contributed by atoms with Crippen LogP contribution >= 0.6 is 0 Å². The number of hydrogen-bond donors (Lipinski definition) is 3. The first-order valence-corrected chi connectivity index (χ1v) is 5.98. The van der Waals surface area contributed by atoms with Crippen LogP contribution in [0, 0.1) is 12.3 Å². The number of carbonyl (C=O) groups excluding carboxylic acids is 2. The third-order valence-electron chi connectivity index (χ3n) is 2.34. The van der Waals surface area contributed by atoms with Crippen LogP contribution in [0.1, 0.15) is 5.56 Å². The Morgan fingerprint density at radius 1 is 1.11 bits per heavy atom. The summed E-state index contributed by atoms with van der Waals surface area (Å²) in [5.41, 5.74) is 1.16. The molecule has 0 saturated carbocycles. The molecule has 3 N–H and O–H groups in total. The summed E-state index contributed by atoms with van der Waals surface area (Å²) in [6.07, 6.45) is 5.74. The third-order valence-corrected chi connectivity index (χ3v) is 2.34. The molecule has 1 aromatic carbocycles. The van der Waals surface area contributed by atoms with Gasteiger partial charge in [0.25, 0.3) is 0 Å². The summed E-state index contributed by atoms with van der Waals surface area (Å²) < 4.78 is 0. The van der Waals surface area contributed by atoms with Crippen LogP contribution in [0.5, 0.6) is 0 Å². The van der Waals surface area contributed by atoms with Crippen molar-refractivity contribution in [2.75, 3.05) is 19.6 Å². The Morgan fingerprint density at radius 2 is 1.84 bits per heavy atom. The molecule has 0 bridgehead atoms. The van der Waals surface area contributed by atoms with Gasteiger partial charge in [0, 0.05) is 6.54 Å². The molecule has 0 aliphatic rings. The van der Waals surface area contributed by atoms with Crippen molar-refractivity contribution in [2.45, 2.75) is 6.42 Å². The Kier molecular flexibility index (Phi) is 6.59. The Morgan fingerprint density at radius 3 is 2.53 bits per heavy atom. The number of rotatable bonds is 6. The number of amides is 3. The molecule has 0 aliphatic heterocycles. The van der Waals surface area contributed by atoms with Gasteiger partial charge in [0.05, 0.1) is 13.1 Å². The summed E-state index contributed by atoms with van der Waals surface area (Å²) in [6, 6.07) is 9.40. The Bertz CT molecular complexity index is 452. The highest BCUT2D eigenvalue weighted by Crippen LogP contribution is 1.97. The minimum absolute atomic E-state index is 0.0643. The first-order chi connectivity index (χ1) is 9.22. The molecule has 5 nitrogen and oxygen atoms in total. The van der Waals surface area contributed by atoms with Gasteiger partial charge in [0.2, 0.25) is 5.91 Å². The lowest BCUT2D eigenvalue weighted by atomic mass is 10.1. The predicted octanol–water partition coefficient (Wildman–Crippen LogP) is 0.278. The van der Waals surface area contributed by atoms with Gasteiger partial charge in [-0.25, -0.2) is 4.79 Å². The van der Waals surface area contributed by atoms with E-state index in [9.17, 15) is 9.59 Å². The minimum Gasteiger partial charge on any atom is -0.354 e. The van der Waals surface area contributed by atoms with E-state index >= 15 is 0 Å². The molecule has 0 heterocycles. The number of terminal acetylenes is 1. The Balaban J connectivity index is 2.12. The van der Waals surface area contributed by atoms with E-state index in [4.69, 9.17) is 6.42 Å². The van der Waals surface area contributed by atoms with Gasteiger partial charge in [-0.15, -0.1) is 6.42 Å². The highest BCUT2D eigenvalue weighted by atomic mass is 16.2. The normalized spacial score (nSPS) is 9.21. The van der Waals surface area contributed by atoms with Crippen LogP contribution in [0.4, 0.5) is 4.79 Å². The molecule has 0 unspecified atom stereocenters. The maximum atomic E-state index is 11.4. The van der Waals surface area contributed by atoms with Crippen molar-refractivity contribution in [3.63, 3.8) is 0 Å². The van der Waals surface area contributed by atoms with Crippen LogP contribution in [0.25, 0.3) is 0 Å². The Labute approximate surface area is 112 Å². The van der Waals surface area contributed by atoms with Gasteiger partial charge in [-0.1, -0.05) is 36.3 Å². The van der Waals surface area contributed by atoms with Crippen LogP contribution in [0.2, 0.25) is 0 Å². The lowest BCUT2D eigenvalue weighted by Gasteiger charge is -2.07. The molecule has 100 valence electrons. The van der Waals surface area contributed by atoms with E-state index < -0.39 is 6.03 Å². The summed E-state index contributed by atoms with van der Waals surface area (Å²) in [5.74, 6) is 2.04. The van der Waals surface area contributed by atoms with Gasteiger partial charge in [-0.2, -0.15) is 0 Å². The first kappa shape index (κ1) is 14.6. The number of nitrogens with one attached hydrogen (secondary N) is 3. The molecule has 1 rings (SSSR count).